The Morgan fingerprint density at radius 2 is 1.85 bits per heavy atom. The van der Waals surface area contributed by atoms with Gasteiger partial charge in [0.05, 0.1) is 30.1 Å². The number of amides is 2. The highest BCUT2D eigenvalue weighted by Gasteiger charge is 2.33. The molecular weight excluding hydrogens is 308 g/mol. The molecule has 9 heteroatoms. The van der Waals surface area contributed by atoms with Gasteiger partial charge in [-0.25, -0.2) is 8.42 Å². The molecule has 1 heterocycles. The van der Waals surface area contributed by atoms with Gasteiger partial charge in [0.1, 0.15) is 5.75 Å². The molecular formula is C11H11ClN2O5S. The average Bonchev–Trinajstić information content (AvgIpc) is 2.37. The molecule has 1 saturated heterocycles. The molecule has 0 unspecified atom stereocenters. The lowest BCUT2D eigenvalue weighted by Crippen LogP contribution is -2.53. The number of nitrogens with one attached hydrogen (secondary N) is 1. The van der Waals surface area contributed by atoms with Gasteiger partial charge < -0.3 is 4.74 Å². The van der Waals surface area contributed by atoms with Crippen LogP contribution in [0.4, 0.5) is 0 Å². The standard InChI is InChI=1S/C11H11ClN2O5S/c1-19-9-3-2-7(4-8(9)12)20(17,18)14-5-10(15)13-11(16)6-14/h2-4H,5-6H2,1H3,(H,13,15,16). The molecule has 0 radical (unpaired) electrons. The molecule has 108 valence electrons. The van der Waals surface area contributed by atoms with Crippen LogP contribution in [-0.2, 0) is 19.6 Å². The van der Waals surface area contributed by atoms with Gasteiger partial charge in [0.15, 0.2) is 0 Å². The number of piperazine rings is 1. The summed E-state index contributed by atoms with van der Waals surface area (Å²) < 4.78 is 30.4. The molecule has 20 heavy (non-hydrogen) atoms. The van der Waals surface area contributed by atoms with Crippen LogP contribution in [0.15, 0.2) is 23.1 Å². The monoisotopic (exact) mass is 318 g/mol. The number of sulfonamides is 1. The van der Waals surface area contributed by atoms with Crippen molar-refractivity contribution in [2.24, 2.45) is 0 Å². The van der Waals surface area contributed by atoms with Crippen LogP contribution in [-0.4, -0.2) is 44.7 Å². The Balaban J connectivity index is 2.37. The van der Waals surface area contributed by atoms with Crippen molar-refractivity contribution in [1.29, 1.82) is 0 Å². The molecule has 0 aromatic heterocycles. The first-order valence-corrected chi connectivity index (χ1v) is 7.33. The average molecular weight is 319 g/mol. The van der Waals surface area contributed by atoms with E-state index in [9.17, 15) is 18.0 Å². The van der Waals surface area contributed by atoms with E-state index >= 15 is 0 Å². The van der Waals surface area contributed by atoms with Crippen molar-refractivity contribution >= 4 is 33.4 Å². The maximum absolute atomic E-state index is 12.3. The summed E-state index contributed by atoms with van der Waals surface area (Å²) in [6.07, 6.45) is 0. The third-order valence-corrected chi connectivity index (χ3v) is 4.76. The van der Waals surface area contributed by atoms with Crippen molar-refractivity contribution in [2.75, 3.05) is 20.2 Å². The molecule has 0 aliphatic carbocycles. The maximum Gasteiger partial charge on any atom is 0.244 e. The van der Waals surface area contributed by atoms with Crippen molar-refractivity contribution in [3.63, 3.8) is 0 Å². The third-order valence-electron chi connectivity index (χ3n) is 2.68. The van der Waals surface area contributed by atoms with Crippen LogP contribution in [0, 0.1) is 0 Å². The molecule has 1 aliphatic heterocycles. The lowest BCUT2D eigenvalue weighted by molar-refractivity contribution is -0.134. The van der Waals surface area contributed by atoms with E-state index in [1.54, 1.807) is 0 Å². The van der Waals surface area contributed by atoms with Gasteiger partial charge in [0.25, 0.3) is 0 Å². The van der Waals surface area contributed by atoms with E-state index in [1.165, 1.54) is 25.3 Å². The van der Waals surface area contributed by atoms with Crippen LogP contribution in [0.3, 0.4) is 0 Å². The summed E-state index contributed by atoms with van der Waals surface area (Å²) in [7, 11) is -2.56. The lowest BCUT2D eigenvalue weighted by atomic mass is 10.3. The summed E-state index contributed by atoms with van der Waals surface area (Å²) in [4.78, 5) is 22.4. The number of benzene rings is 1. The summed E-state index contributed by atoms with van der Waals surface area (Å²) in [6, 6.07) is 3.92. The smallest absolute Gasteiger partial charge is 0.244 e. The molecule has 1 aliphatic rings. The number of rotatable bonds is 3. The zero-order valence-corrected chi connectivity index (χ0v) is 12.0. The minimum absolute atomic E-state index is 0.106. The molecule has 7 nitrogen and oxygen atoms in total. The van der Waals surface area contributed by atoms with Gasteiger partial charge in [-0.1, -0.05) is 11.6 Å². The Labute approximate surface area is 120 Å². The van der Waals surface area contributed by atoms with Crippen molar-refractivity contribution in [1.82, 2.24) is 9.62 Å². The van der Waals surface area contributed by atoms with Crippen LogP contribution >= 0.6 is 11.6 Å². The topological polar surface area (TPSA) is 92.8 Å². The van der Waals surface area contributed by atoms with Crippen molar-refractivity contribution in [2.45, 2.75) is 4.90 Å². The fraction of sp³-hybridized carbons (Fsp3) is 0.273. The molecule has 1 fully saturated rings. The number of nitrogens with zero attached hydrogens (tertiary/aromatic N) is 1. The number of hydrogen-bond acceptors (Lipinski definition) is 5. The number of halogens is 1. The molecule has 0 saturated carbocycles. The molecule has 0 bridgehead atoms. The van der Waals surface area contributed by atoms with Gasteiger partial charge >= 0.3 is 0 Å². The quantitative estimate of drug-likeness (QED) is 0.792. The van der Waals surface area contributed by atoms with E-state index in [4.69, 9.17) is 16.3 Å². The zero-order valence-electron chi connectivity index (χ0n) is 10.4. The zero-order chi connectivity index (χ0) is 14.9. The van der Waals surface area contributed by atoms with Crippen molar-refractivity contribution in [3.05, 3.63) is 23.2 Å². The predicted octanol–water partition coefficient (Wildman–Crippen LogP) is -0.00430. The second kappa shape index (κ2) is 5.39. The molecule has 1 aromatic rings. The van der Waals surface area contributed by atoms with Crippen molar-refractivity contribution < 1.29 is 22.7 Å². The minimum Gasteiger partial charge on any atom is -0.495 e. The largest absolute Gasteiger partial charge is 0.495 e. The number of ether oxygens (including phenoxy) is 1. The Morgan fingerprint density at radius 1 is 1.25 bits per heavy atom. The predicted molar refractivity (Wildman–Crippen MR) is 69.9 cm³/mol. The van der Waals surface area contributed by atoms with E-state index in [-0.39, 0.29) is 9.92 Å². The van der Waals surface area contributed by atoms with E-state index in [2.05, 4.69) is 0 Å². The first-order valence-electron chi connectivity index (χ1n) is 5.51. The number of imide groups is 1. The Morgan fingerprint density at radius 3 is 2.35 bits per heavy atom. The second-order valence-electron chi connectivity index (χ2n) is 4.04. The Bertz CT molecular complexity index is 657. The van der Waals surface area contributed by atoms with Gasteiger partial charge in [0, 0.05) is 0 Å². The SMILES string of the molecule is COc1ccc(S(=O)(=O)N2CC(=O)NC(=O)C2)cc1Cl. The van der Waals surface area contributed by atoms with Crippen LogP contribution in [0.1, 0.15) is 0 Å². The number of hydrogen-bond donors (Lipinski definition) is 1. The lowest BCUT2D eigenvalue weighted by Gasteiger charge is -2.24. The minimum atomic E-state index is -3.96. The van der Waals surface area contributed by atoms with Gasteiger partial charge in [-0.3, -0.25) is 14.9 Å². The summed E-state index contributed by atoms with van der Waals surface area (Å²) in [5.41, 5.74) is 0. The summed E-state index contributed by atoms with van der Waals surface area (Å²) in [5.74, 6) is -0.994. The van der Waals surface area contributed by atoms with E-state index in [1.807, 2.05) is 5.32 Å². The normalized spacial score (nSPS) is 16.9. The Kier molecular flexibility index (Phi) is 3.98. The first-order chi connectivity index (χ1) is 9.34. The molecule has 0 atom stereocenters. The summed E-state index contributed by atoms with van der Waals surface area (Å²) in [6.45, 7) is -0.810. The molecule has 0 spiro atoms. The van der Waals surface area contributed by atoms with E-state index in [0.29, 0.717) is 5.75 Å². The summed E-state index contributed by atoms with van der Waals surface area (Å²) in [5, 5.41) is 2.16. The Hall–Kier alpha value is -1.64. The highest BCUT2D eigenvalue weighted by atomic mass is 35.5. The summed E-state index contributed by atoms with van der Waals surface area (Å²) >= 11 is 5.88. The van der Waals surface area contributed by atoms with E-state index < -0.39 is 34.9 Å². The molecule has 2 rings (SSSR count). The van der Waals surface area contributed by atoms with Gasteiger partial charge in [0.2, 0.25) is 21.8 Å². The highest BCUT2D eigenvalue weighted by molar-refractivity contribution is 7.89. The van der Waals surface area contributed by atoms with E-state index in [0.717, 1.165) is 4.31 Å². The number of carbonyl (C=O) groups is 2. The molecule has 1 aromatic carbocycles. The first kappa shape index (κ1) is 14.8. The fourth-order valence-corrected chi connectivity index (χ4v) is 3.44. The van der Waals surface area contributed by atoms with Gasteiger partial charge in [-0.2, -0.15) is 4.31 Å². The fourth-order valence-electron chi connectivity index (χ4n) is 1.74. The molecule has 2 amide bonds. The molecule has 1 N–H and O–H groups in total. The van der Waals surface area contributed by atoms with Crippen molar-refractivity contribution in [3.8, 4) is 5.75 Å². The van der Waals surface area contributed by atoms with Crippen LogP contribution < -0.4 is 10.1 Å². The van der Waals surface area contributed by atoms with Gasteiger partial charge in [-0.05, 0) is 18.2 Å². The number of carbonyl (C=O) groups excluding carboxylic acids is 2. The third kappa shape index (κ3) is 2.77. The van der Waals surface area contributed by atoms with Crippen LogP contribution in [0.5, 0.6) is 5.75 Å². The van der Waals surface area contributed by atoms with Crippen LogP contribution in [0.2, 0.25) is 5.02 Å². The maximum atomic E-state index is 12.3. The number of methoxy groups -OCH3 is 1. The van der Waals surface area contributed by atoms with Crippen LogP contribution in [0.25, 0.3) is 0 Å². The second-order valence-corrected chi connectivity index (χ2v) is 6.39. The van der Waals surface area contributed by atoms with Gasteiger partial charge in [-0.15, -0.1) is 0 Å². The highest BCUT2D eigenvalue weighted by Crippen LogP contribution is 2.28.